The largest absolute Gasteiger partial charge is 0.135 e. The number of halogens is 1. The van der Waals surface area contributed by atoms with Crippen LogP contribution in [-0.4, -0.2) is 0 Å². The predicted octanol–water partition coefficient (Wildman–Crippen LogP) is 11.7. The molecule has 0 saturated carbocycles. The minimum atomic E-state index is 1.12. The van der Waals surface area contributed by atoms with E-state index in [0.717, 1.165) is 4.47 Å². The van der Waals surface area contributed by atoms with Crippen molar-refractivity contribution in [1.29, 1.82) is 0 Å². The van der Waals surface area contributed by atoms with E-state index in [1.807, 2.05) is 11.3 Å². The van der Waals surface area contributed by atoms with Crippen molar-refractivity contribution >= 4 is 59.1 Å². The van der Waals surface area contributed by atoms with Gasteiger partial charge in [-0.2, -0.15) is 0 Å². The van der Waals surface area contributed by atoms with Crippen molar-refractivity contribution < 1.29 is 0 Å². The van der Waals surface area contributed by atoms with Gasteiger partial charge < -0.3 is 0 Å². The van der Waals surface area contributed by atoms with Crippen LogP contribution < -0.4 is 0 Å². The van der Waals surface area contributed by atoms with E-state index in [-0.39, 0.29) is 0 Å². The van der Waals surface area contributed by atoms with Crippen molar-refractivity contribution in [3.63, 3.8) is 0 Å². The van der Waals surface area contributed by atoms with Gasteiger partial charge in [-0.3, -0.25) is 0 Å². The minimum Gasteiger partial charge on any atom is -0.135 e. The van der Waals surface area contributed by atoms with Gasteiger partial charge in [-0.25, -0.2) is 0 Å². The molecule has 1 aromatic heterocycles. The van der Waals surface area contributed by atoms with Crippen LogP contribution in [0.3, 0.4) is 0 Å². The van der Waals surface area contributed by atoms with Crippen molar-refractivity contribution in [2.24, 2.45) is 0 Å². The SMILES string of the molecule is Brc1ccc2sc3cc(-c4ccc(-c5ccc6c(c5)-c5ccccc5/C6=C\c5ccccc5)cc4)ccc3c2c1. The monoisotopic (exact) mass is 590 g/mol. The fourth-order valence-electron chi connectivity index (χ4n) is 5.94. The van der Waals surface area contributed by atoms with Crippen LogP contribution in [0.5, 0.6) is 0 Å². The second-order valence-electron chi connectivity index (χ2n) is 10.3. The summed E-state index contributed by atoms with van der Waals surface area (Å²) in [6.07, 6.45) is 2.31. The molecule has 1 aliphatic carbocycles. The third-order valence-electron chi connectivity index (χ3n) is 7.91. The molecule has 7 aromatic rings. The minimum absolute atomic E-state index is 1.12. The van der Waals surface area contributed by atoms with Crippen LogP contribution >= 0.6 is 27.3 Å². The second kappa shape index (κ2) is 9.45. The fourth-order valence-corrected chi connectivity index (χ4v) is 7.42. The van der Waals surface area contributed by atoms with Crippen LogP contribution in [0.25, 0.3) is 65.2 Å². The van der Waals surface area contributed by atoms with Crippen LogP contribution in [0, 0.1) is 0 Å². The summed E-state index contributed by atoms with van der Waals surface area (Å²) in [6, 6.07) is 48.7. The quantitative estimate of drug-likeness (QED) is 0.192. The van der Waals surface area contributed by atoms with E-state index in [4.69, 9.17) is 0 Å². The van der Waals surface area contributed by atoms with Gasteiger partial charge in [0, 0.05) is 24.6 Å². The number of fused-ring (bicyclic) bond motifs is 6. The summed E-state index contributed by atoms with van der Waals surface area (Å²) in [6.45, 7) is 0. The van der Waals surface area contributed by atoms with Crippen LogP contribution in [0.2, 0.25) is 0 Å². The third-order valence-corrected chi connectivity index (χ3v) is 9.54. The van der Waals surface area contributed by atoms with E-state index in [0.29, 0.717) is 0 Å². The van der Waals surface area contributed by atoms with E-state index < -0.39 is 0 Å². The maximum Gasteiger partial charge on any atom is 0.0361 e. The molecule has 1 heterocycles. The van der Waals surface area contributed by atoms with Gasteiger partial charge in [0.05, 0.1) is 0 Å². The summed E-state index contributed by atoms with van der Waals surface area (Å²) in [5.74, 6) is 0. The summed E-state index contributed by atoms with van der Waals surface area (Å²) in [5.41, 5.74) is 12.7. The molecule has 188 valence electrons. The van der Waals surface area contributed by atoms with Crippen LogP contribution in [0.1, 0.15) is 16.7 Å². The Balaban J connectivity index is 1.16. The smallest absolute Gasteiger partial charge is 0.0361 e. The van der Waals surface area contributed by atoms with Gasteiger partial charge in [-0.15, -0.1) is 11.3 Å². The molecule has 0 saturated heterocycles. The highest BCUT2D eigenvalue weighted by atomic mass is 79.9. The van der Waals surface area contributed by atoms with Crippen molar-refractivity contribution in [2.75, 3.05) is 0 Å². The molecule has 0 spiro atoms. The van der Waals surface area contributed by atoms with Crippen molar-refractivity contribution in [3.05, 3.63) is 155 Å². The Morgan fingerprint density at radius 2 is 1.10 bits per heavy atom. The van der Waals surface area contributed by atoms with E-state index in [1.165, 1.54) is 75.8 Å². The predicted molar refractivity (Wildman–Crippen MR) is 177 cm³/mol. The zero-order chi connectivity index (χ0) is 26.6. The van der Waals surface area contributed by atoms with Crippen molar-refractivity contribution in [3.8, 4) is 33.4 Å². The maximum absolute atomic E-state index is 3.62. The molecule has 2 heteroatoms. The second-order valence-corrected chi connectivity index (χ2v) is 12.3. The van der Waals surface area contributed by atoms with Gasteiger partial charge in [0.25, 0.3) is 0 Å². The molecule has 0 bridgehead atoms. The summed E-state index contributed by atoms with van der Waals surface area (Å²) < 4.78 is 3.77. The molecule has 0 nitrogen and oxygen atoms in total. The van der Waals surface area contributed by atoms with E-state index in [1.54, 1.807) is 0 Å². The zero-order valence-corrected chi connectivity index (χ0v) is 24.0. The Morgan fingerprint density at radius 1 is 0.450 bits per heavy atom. The number of rotatable bonds is 3. The Labute approximate surface area is 246 Å². The molecule has 6 aromatic carbocycles. The van der Waals surface area contributed by atoms with E-state index in [9.17, 15) is 0 Å². The molecule has 0 radical (unpaired) electrons. The lowest BCUT2D eigenvalue weighted by atomic mass is 9.96. The molecule has 0 fully saturated rings. The number of hydrogen-bond acceptors (Lipinski definition) is 1. The highest BCUT2D eigenvalue weighted by molar-refractivity contribution is 9.10. The first-order chi connectivity index (χ1) is 19.7. The number of hydrogen-bond donors (Lipinski definition) is 0. The van der Waals surface area contributed by atoms with E-state index in [2.05, 4.69) is 155 Å². The van der Waals surface area contributed by atoms with Crippen LogP contribution in [0.4, 0.5) is 0 Å². The van der Waals surface area contributed by atoms with Gasteiger partial charge >= 0.3 is 0 Å². The average molecular weight is 592 g/mol. The molecule has 8 rings (SSSR count). The van der Waals surface area contributed by atoms with Crippen molar-refractivity contribution in [2.45, 2.75) is 0 Å². The summed E-state index contributed by atoms with van der Waals surface area (Å²) >= 11 is 5.48. The lowest BCUT2D eigenvalue weighted by Gasteiger charge is -2.09. The molecule has 1 aliphatic rings. The third kappa shape index (κ3) is 3.95. The summed E-state index contributed by atoms with van der Waals surface area (Å²) in [5, 5.41) is 2.64. The van der Waals surface area contributed by atoms with Gasteiger partial charge in [0.15, 0.2) is 0 Å². The van der Waals surface area contributed by atoms with Crippen molar-refractivity contribution in [1.82, 2.24) is 0 Å². The maximum atomic E-state index is 3.62. The topological polar surface area (TPSA) is 0 Å². The first-order valence-corrected chi connectivity index (χ1v) is 15.1. The first kappa shape index (κ1) is 23.6. The molecule has 0 atom stereocenters. The average Bonchev–Trinajstić information content (AvgIpc) is 3.52. The first-order valence-electron chi connectivity index (χ1n) is 13.4. The van der Waals surface area contributed by atoms with Crippen LogP contribution in [-0.2, 0) is 0 Å². The molecule has 0 N–H and O–H groups in total. The van der Waals surface area contributed by atoms with E-state index >= 15 is 0 Å². The molecular weight excluding hydrogens is 568 g/mol. The van der Waals surface area contributed by atoms with Gasteiger partial charge in [-0.1, -0.05) is 119 Å². The highest BCUT2D eigenvalue weighted by Gasteiger charge is 2.23. The summed E-state index contributed by atoms with van der Waals surface area (Å²) in [4.78, 5) is 0. The standard InChI is InChI=1S/C38H23BrS/c39-29-16-19-37-36(23-29)33-18-15-28(22-38(33)40-37)26-12-10-25(11-13-26)27-14-17-32-34(20-24-6-2-1-3-7-24)30-8-4-5-9-31(30)35(32)21-27/h1-23H/b34-20+. The Hall–Kier alpha value is -4.24. The zero-order valence-electron chi connectivity index (χ0n) is 21.6. The fraction of sp³-hybridized carbons (Fsp3) is 0. The summed E-state index contributed by atoms with van der Waals surface area (Å²) in [7, 11) is 0. The molecule has 0 aliphatic heterocycles. The molecule has 40 heavy (non-hydrogen) atoms. The highest BCUT2D eigenvalue weighted by Crippen LogP contribution is 2.46. The normalized spacial score (nSPS) is 13.2. The number of thiophene rings is 1. The lowest BCUT2D eigenvalue weighted by Crippen LogP contribution is -1.84. The Kier molecular flexibility index (Phi) is 5.58. The van der Waals surface area contributed by atoms with Gasteiger partial charge in [0.2, 0.25) is 0 Å². The Bertz CT molecular complexity index is 2100. The molecule has 0 unspecified atom stereocenters. The van der Waals surface area contributed by atoms with Crippen LogP contribution in [0.15, 0.2) is 138 Å². The molecule has 0 amide bonds. The number of benzene rings is 6. The Morgan fingerprint density at radius 3 is 1.90 bits per heavy atom. The lowest BCUT2D eigenvalue weighted by molar-refractivity contribution is 1.59. The molecular formula is C38H23BrS. The van der Waals surface area contributed by atoms with Gasteiger partial charge in [-0.05, 0) is 92.1 Å². The van der Waals surface area contributed by atoms with Gasteiger partial charge in [0.1, 0.15) is 0 Å².